The van der Waals surface area contributed by atoms with Gasteiger partial charge in [-0.2, -0.15) is 0 Å². The Hall–Kier alpha value is -4.00. The van der Waals surface area contributed by atoms with E-state index in [0.29, 0.717) is 27.9 Å². The van der Waals surface area contributed by atoms with E-state index in [2.05, 4.69) is 23.7 Å². The molecular formula is C26H24N4O3. The summed E-state index contributed by atoms with van der Waals surface area (Å²) in [6.07, 6.45) is 0. The van der Waals surface area contributed by atoms with E-state index >= 15 is 0 Å². The maximum atomic E-state index is 13.5. The molecule has 1 aliphatic rings. The number of carbonyl (C=O) groups is 1. The lowest BCUT2D eigenvalue weighted by Gasteiger charge is -2.21. The van der Waals surface area contributed by atoms with E-state index in [1.807, 2.05) is 42.5 Å². The topological polar surface area (TPSA) is 77.2 Å². The van der Waals surface area contributed by atoms with E-state index in [4.69, 9.17) is 0 Å². The fraction of sp³-hybridized carbons (Fsp3) is 0.231. The molecule has 0 saturated carbocycles. The van der Waals surface area contributed by atoms with Crippen molar-refractivity contribution in [3.8, 4) is 22.4 Å². The molecule has 0 aliphatic heterocycles. The molecule has 0 bridgehead atoms. The number of ketones is 1. The molecule has 2 aromatic heterocycles. The first-order valence-corrected chi connectivity index (χ1v) is 11.0. The molecule has 0 atom stereocenters. The number of nitrogens with zero attached hydrogens (tertiary/aromatic N) is 4. The quantitative estimate of drug-likeness (QED) is 0.428. The van der Waals surface area contributed by atoms with Gasteiger partial charge in [0.25, 0.3) is 5.56 Å². The highest BCUT2D eigenvalue weighted by Crippen LogP contribution is 2.42. The second-order valence-corrected chi connectivity index (χ2v) is 8.21. The van der Waals surface area contributed by atoms with Crippen molar-refractivity contribution in [1.82, 2.24) is 14.1 Å². The van der Waals surface area contributed by atoms with Crippen molar-refractivity contribution >= 4 is 22.5 Å². The molecule has 5 rings (SSSR count). The van der Waals surface area contributed by atoms with Crippen LogP contribution in [0, 0.1) is 0 Å². The summed E-state index contributed by atoms with van der Waals surface area (Å²) in [5, 5.41) is 0.273. The number of hydrogen-bond donors (Lipinski definition) is 0. The minimum absolute atomic E-state index is 0.159. The average molecular weight is 441 g/mol. The molecule has 0 radical (unpaired) electrons. The van der Waals surface area contributed by atoms with Crippen LogP contribution in [-0.2, 0) is 14.1 Å². The van der Waals surface area contributed by atoms with Crippen molar-refractivity contribution in [2.75, 3.05) is 18.0 Å². The van der Waals surface area contributed by atoms with Crippen LogP contribution >= 0.6 is 0 Å². The first-order chi connectivity index (χ1) is 15.9. The van der Waals surface area contributed by atoms with Crippen molar-refractivity contribution in [1.29, 1.82) is 0 Å². The van der Waals surface area contributed by atoms with Crippen LogP contribution in [0.2, 0.25) is 0 Å². The molecule has 166 valence electrons. The molecule has 7 heteroatoms. The van der Waals surface area contributed by atoms with Crippen molar-refractivity contribution < 1.29 is 4.79 Å². The Morgan fingerprint density at radius 2 is 1.45 bits per heavy atom. The summed E-state index contributed by atoms with van der Waals surface area (Å²) < 4.78 is 2.44. The Morgan fingerprint density at radius 3 is 2.09 bits per heavy atom. The third kappa shape index (κ3) is 2.88. The van der Waals surface area contributed by atoms with Gasteiger partial charge in [0, 0.05) is 49.6 Å². The van der Waals surface area contributed by atoms with E-state index in [1.54, 1.807) is 13.1 Å². The molecule has 1 aliphatic carbocycles. The number of aryl methyl sites for hydroxylation is 1. The van der Waals surface area contributed by atoms with Crippen LogP contribution in [0.4, 0.5) is 5.69 Å². The van der Waals surface area contributed by atoms with Gasteiger partial charge in [-0.05, 0) is 31.5 Å². The molecule has 0 fully saturated rings. The Labute approximate surface area is 190 Å². The van der Waals surface area contributed by atoms with Crippen molar-refractivity contribution in [2.24, 2.45) is 14.1 Å². The van der Waals surface area contributed by atoms with Crippen molar-refractivity contribution in [2.45, 2.75) is 13.8 Å². The summed E-state index contributed by atoms with van der Waals surface area (Å²) >= 11 is 0. The van der Waals surface area contributed by atoms with Crippen LogP contribution in [0.5, 0.6) is 0 Å². The predicted octanol–water partition coefficient (Wildman–Crippen LogP) is 3.36. The molecule has 0 unspecified atom stereocenters. The summed E-state index contributed by atoms with van der Waals surface area (Å²) in [6, 6.07) is 15.2. The van der Waals surface area contributed by atoms with Crippen LogP contribution in [0.1, 0.15) is 29.8 Å². The lowest BCUT2D eigenvalue weighted by Crippen LogP contribution is -2.37. The molecule has 0 saturated heterocycles. The zero-order valence-electron chi connectivity index (χ0n) is 19.0. The zero-order valence-corrected chi connectivity index (χ0v) is 19.0. The highest BCUT2D eigenvalue weighted by atomic mass is 16.2. The summed E-state index contributed by atoms with van der Waals surface area (Å²) in [5.41, 5.74) is 3.87. The number of carbonyl (C=O) groups excluding carboxylic acids is 1. The Morgan fingerprint density at radius 1 is 0.818 bits per heavy atom. The van der Waals surface area contributed by atoms with Gasteiger partial charge in [0.15, 0.2) is 11.4 Å². The highest BCUT2D eigenvalue weighted by Gasteiger charge is 2.34. The zero-order chi connectivity index (χ0) is 23.4. The first kappa shape index (κ1) is 20.9. The first-order valence-electron chi connectivity index (χ1n) is 11.0. The monoisotopic (exact) mass is 440 g/mol. The number of aromatic nitrogens is 3. The molecule has 33 heavy (non-hydrogen) atoms. The fourth-order valence-electron chi connectivity index (χ4n) is 4.74. The van der Waals surface area contributed by atoms with E-state index in [1.165, 1.54) is 11.6 Å². The molecule has 0 amide bonds. The number of hydrogen-bond acceptors (Lipinski definition) is 5. The molecule has 4 aromatic rings. The summed E-state index contributed by atoms with van der Waals surface area (Å²) in [6.45, 7) is 5.95. The minimum atomic E-state index is -0.463. The number of rotatable bonds is 4. The smallest absolute Gasteiger partial charge is 0.332 e. The molecule has 7 nitrogen and oxygen atoms in total. The lowest BCUT2D eigenvalue weighted by molar-refractivity contribution is 0.104. The largest absolute Gasteiger partial charge is 0.372 e. The Bertz CT molecular complexity index is 1560. The highest BCUT2D eigenvalue weighted by molar-refractivity contribution is 6.26. The summed E-state index contributed by atoms with van der Waals surface area (Å²) in [5.74, 6) is -0.159. The summed E-state index contributed by atoms with van der Waals surface area (Å²) in [4.78, 5) is 46.4. The number of benzene rings is 2. The maximum absolute atomic E-state index is 13.5. The van der Waals surface area contributed by atoms with Gasteiger partial charge in [-0.1, -0.05) is 36.4 Å². The van der Waals surface area contributed by atoms with Gasteiger partial charge in [0.2, 0.25) is 0 Å². The standard InChI is InChI=1S/C26H24N4O3/c1-5-30(6-2)16-13-11-15(12-14-16)19-20-22(17-9-7-8-10-18(17)23(20)31)27-24-21(19)25(32)29(4)26(33)28(24)3/h7-14H,5-6H2,1-4H3. The third-order valence-corrected chi connectivity index (χ3v) is 6.53. The van der Waals surface area contributed by atoms with Crippen LogP contribution in [0.25, 0.3) is 33.4 Å². The van der Waals surface area contributed by atoms with Crippen LogP contribution < -0.4 is 16.1 Å². The average Bonchev–Trinajstić information content (AvgIpc) is 3.13. The van der Waals surface area contributed by atoms with Gasteiger partial charge in [-0.15, -0.1) is 0 Å². The van der Waals surface area contributed by atoms with Gasteiger partial charge in [0.05, 0.1) is 16.6 Å². The van der Waals surface area contributed by atoms with Crippen LogP contribution in [0.15, 0.2) is 58.1 Å². The molecular weight excluding hydrogens is 416 g/mol. The molecule has 0 N–H and O–H groups in total. The number of fused-ring (bicyclic) bond motifs is 4. The number of anilines is 1. The second-order valence-electron chi connectivity index (χ2n) is 8.21. The van der Waals surface area contributed by atoms with E-state index < -0.39 is 11.2 Å². The van der Waals surface area contributed by atoms with Crippen molar-refractivity contribution in [3.63, 3.8) is 0 Å². The summed E-state index contributed by atoms with van der Waals surface area (Å²) in [7, 11) is 3.04. The van der Waals surface area contributed by atoms with Crippen LogP contribution in [-0.4, -0.2) is 33.0 Å². The van der Waals surface area contributed by atoms with E-state index in [9.17, 15) is 14.4 Å². The Balaban J connectivity index is 1.92. The van der Waals surface area contributed by atoms with Gasteiger partial charge < -0.3 is 4.90 Å². The van der Waals surface area contributed by atoms with Gasteiger partial charge in [-0.3, -0.25) is 18.7 Å². The molecule has 2 aromatic carbocycles. The maximum Gasteiger partial charge on any atom is 0.332 e. The fourth-order valence-corrected chi connectivity index (χ4v) is 4.74. The van der Waals surface area contributed by atoms with Gasteiger partial charge in [-0.25, -0.2) is 9.78 Å². The third-order valence-electron chi connectivity index (χ3n) is 6.53. The molecule has 0 spiro atoms. The van der Waals surface area contributed by atoms with Gasteiger partial charge in [0.1, 0.15) is 0 Å². The van der Waals surface area contributed by atoms with Gasteiger partial charge >= 0.3 is 5.69 Å². The SMILES string of the molecule is CCN(CC)c1ccc(-c2c3c(nc4c2c(=O)n(C)c(=O)n4C)-c2ccccc2C3=O)cc1. The van der Waals surface area contributed by atoms with Crippen molar-refractivity contribution in [3.05, 3.63) is 80.5 Å². The van der Waals surface area contributed by atoms with Crippen LogP contribution in [0.3, 0.4) is 0 Å². The Kier molecular flexibility index (Phi) is 4.78. The minimum Gasteiger partial charge on any atom is -0.372 e. The second kappa shape index (κ2) is 7.55. The van der Waals surface area contributed by atoms with E-state index in [0.717, 1.165) is 28.9 Å². The molecule has 2 heterocycles. The normalized spacial score (nSPS) is 12.2. The predicted molar refractivity (Wildman–Crippen MR) is 130 cm³/mol. The van der Waals surface area contributed by atoms with E-state index in [-0.39, 0.29) is 16.8 Å². The number of pyridine rings is 1. The lowest BCUT2D eigenvalue weighted by atomic mass is 9.94.